The van der Waals surface area contributed by atoms with Gasteiger partial charge < -0.3 is 19.2 Å². The quantitative estimate of drug-likeness (QED) is 0.567. The highest BCUT2D eigenvalue weighted by Gasteiger charge is 2.15. The number of hydrogen-bond donors (Lipinski definition) is 1. The molecule has 1 aromatic heterocycles. The number of ether oxygens (including phenoxy) is 2. The largest absolute Gasteiger partial charge is 0.495 e. The molecule has 1 amide bonds. The van der Waals surface area contributed by atoms with Gasteiger partial charge in [-0.15, -0.1) is 10.2 Å². The summed E-state index contributed by atoms with van der Waals surface area (Å²) in [7, 11) is 2.96. The van der Waals surface area contributed by atoms with Crippen molar-refractivity contribution in [2.24, 2.45) is 0 Å². The summed E-state index contributed by atoms with van der Waals surface area (Å²) in [6, 6.07) is 8.92. The Balaban J connectivity index is 1.63. The summed E-state index contributed by atoms with van der Waals surface area (Å²) >= 11 is 7.14. The fraction of sp³-hybridized carbons (Fsp3) is 0.167. The predicted octanol–water partition coefficient (Wildman–Crippen LogP) is 4.28. The van der Waals surface area contributed by atoms with Gasteiger partial charge in [0.1, 0.15) is 17.3 Å². The molecule has 0 aliphatic heterocycles. The van der Waals surface area contributed by atoms with E-state index >= 15 is 0 Å². The number of thioether (sulfide) groups is 1. The summed E-state index contributed by atoms with van der Waals surface area (Å²) in [5, 5.41) is 10.9. The molecule has 146 valence electrons. The molecule has 7 nitrogen and oxygen atoms in total. The molecule has 10 heteroatoms. The van der Waals surface area contributed by atoms with Crippen LogP contribution < -0.4 is 14.8 Å². The van der Waals surface area contributed by atoms with Crippen molar-refractivity contribution in [1.82, 2.24) is 10.2 Å². The maximum Gasteiger partial charge on any atom is 0.277 e. The first-order valence-corrected chi connectivity index (χ1v) is 9.30. The molecule has 3 aromatic rings. The number of amides is 1. The van der Waals surface area contributed by atoms with E-state index in [1.54, 1.807) is 18.2 Å². The number of hydrogen-bond acceptors (Lipinski definition) is 7. The number of carbonyl (C=O) groups excluding carboxylic acids is 1. The highest BCUT2D eigenvalue weighted by molar-refractivity contribution is 7.99. The SMILES string of the molecule is COc1cc(OC)c(NC(=O)CSc2nnc(-c3cccc(F)c3)o2)cc1Cl. The zero-order chi connectivity index (χ0) is 20.1. The van der Waals surface area contributed by atoms with Crippen molar-refractivity contribution in [3.05, 3.63) is 47.2 Å². The maximum atomic E-state index is 13.3. The fourth-order valence-corrected chi connectivity index (χ4v) is 3.08. The normalized spacial score (nSPS) is 10.6. The van der Waals surface area contributed by atoms with Gasteiger partial charge in [-0.05, 0) is 24.3 Å². The van der Waals surface area contributed by atoms with Gasteiger partial charge >= 0.3 is 0 Å². The number of rotatable bonds is 7. The lowest BCUT2D eigenvalue weighted by molar-refractivity contribution is -0.113. The molecular weight excluding hydrogens is 409 g/mol. The highest BCUT2D eigenvalue weighted by Crippen LogP contribution is 2.36. The van der Waals surface area contributed by atoms with Crippen molar-refractivity contribution in [3.8, 4) is 23.0 Å². The summed E-state index contributed by atoms with van der Waals surface area (Å²) in [5.41, 5.74) is 0.867. The number of methoxy groups -OCH3 is 2. The van der Waals surface area contributed by atoms with Crippen molar-refractivity contribution < 1.29 is 23.1 Å². The first kappa shape index (κ1) is 20.0. The minimum absolute atomic E-state index is 0.0115. The lowest BCUT2D eigenvalue weighted by Crippen LogP contribution is -2.14. The second kappa shape index (κ2) is 8.94. The van der Waals surface area contributed by atoms with Gasteiger partial charge in [0.25, 0.3) is 5.22 Å². The average molecular weight is 424 g/mol. The van der Waals surface area contributed by atoms with Crippen molar-refractivity contribution in [1.29, 1.82) is 0 Å². The van der Waals surface area contributed by atoms with Gasteiger partial charge in [-0.1, -0.05) is 29.4 Å². The Bertz CT molecular complexity index is 999. The number of anilines is 1. The van der Waals surface area contributed by atoms with E-state index in [0.29, 0.717) is 27.8 Å². The molecule has 0 atom stereocenters. The first-order valence-electron chi connectivity index (χ1n) is 7.93. The molecular formula is C18H15ClFN3O4S. The average Bonchev–Trinajstić information content (AvgIpc) is 3.16. The maximum absolute atomic E-state index is 13.3. The summed E-state index contributed by atoms with van der Waals surface area (Å²) in [6.07, 6.45) is 0. The van der Waals surface area contributed by atoms with Gasteiger partial charge in [-0.3, -0.25) is 4.79 Å². The molecule has 0 aliphatic rings. The van der Waals surface area contributed by atoms with Crippen molar-refractivity contribution in [2.75, 3.05) is 25.3 Å². The van der Waals surface area contributed by atoms with E-state index < -0.39 is 5.82 Å². The summed E-state index contributed by atoms with van der Waals surface area (Å²) in [5.74, 6) is 0.294. The van der Waals surface area contributed by atoms with Gasteiger partial charge in [0.05, 0.1) is 30.7 Å². The van der Waals surface area contributed by atoms with Crippen LogP contribution in [0.25, 0.3) is 11.5 Å². The Morgan fingerprint density at radius 2 is 2.00 bits per heavy atom. The van der Waals surface area contributed by atoms with Crippen molar-refractivity contribution >= 4 is 35.0 Å². The fourth-order valence-electron chi connectivity index (χ4n) is 2.28. The number of halogens is 2. The summed E-state index contributed by atoms with van der Waals surface area (Å²) < 4.78 is 29.1. The molecule has 0 fully saturated rings. The van der Waals surface area contributed by atoms with Crippen LogP contribution in [0, 0.1) is 5.82 Å². The van der Waals surface area contributed by atoms with Gasteiger partial charge in [0, 0.05) is 11.6 Å². The Morgan fingerprint density at radius 1 is 1.21 bits per heavy atom. The van der Waals surface area contributed by atoms with Crippen LogP contribution in [-0.4, -0.2) is 36.1 Å². The zero-order valence-electron chi connectivity index (χ0n) is 14.9. The molecule has 0 bridgehead atoms. The topological polar surface area (TPSA) is 86.5 Å². The van der Waals surface area contributed by atoms with Gasteiger partial charge in [0.2, 0.25) is 11.8 Å². The molecule has 0 radical (unpaired) electrons. The molecule has 0 saturated heterocycles. The predicted molar refractivity (Wildman–Crippen MR) is 104 cm³/mol. The second-order valence-electron chi connectivity index (χ2n) is 5.41. The van der Waals surface area contributed by atoms with Crippen LogP contribution in [0.4, 0.5) is 10.1 Å². The molecule has 2 aromatic carbocycles. The van der Waals surface area contributed by atoms with Crippen molar-refractivity contribution in [2.45, 2.75) is 5.22 Å². The van der Waals surface area contributed by atoms with Gasteiger partial charge in [-0.25, -0.2) is 4.39 Å². The minimum Gasteiger partial charge on any atom is -0.495 e. The summed E-state index contributed by atoms with van der Waals surface area (Å²) in [4.78, 5) is 12.2. The molecule has 0 unspecified atom stereocenters. The molecule has 0 aliphatic carbocycles. The van der Waals surface area contributed by atoms with E-state index in [9.17, 15) is 9.18 Å². The van der Waals surface area contributed by atoms with E-state index in [0.717, 1.165) is 11.8 Å². The Morgan fingerprint density at radius 3 is 2.71 bits per heavy atom. The van der Waals surface area contributed by atoms with Gasteiger partial charge in [-0.2, -0.15) is 0 Å². The lowest BCUT2D eigenvalue weighted by atomic mass is 10.2. The number of aromatic nitrogens is 2. The van der Waals surface area contributed by atoms with Crippen LogP contribution >= 0.6 is 23.4 Å². The zero-order valence-corrected chi connectivity index (χ0v) is 16.4. The first-order chi connectivity index (χ1) is 13.5. The molecule has 3 rings (SSSR count). The Labute approximate surface area is 169 Å². The van der Waals surface area contributed by atoms with Crippen LogP contribution in [0.2, 0.25) is 5.02 Å². The van der Waals surface area contributed by atoms with E-state index in [1.807, 2.05) is 0 Å². The molecule has 1 N–H and O–H groups in total. The van der Waals surface area contributed by atoms with Crippen LogP contribution in [0.3, 0.4) is 0 Å². The number of nitrogens with zero attached hydrogens (tertiary/aromatic N) is 2. The third-order valence-electron chi connectivity index (χ3n) is 3.55. The third kappa shape index (κ3) is 4.73. The minimum atomic E-state index is -0.406. The van der Waals surface area contributed by atoms with E-state index in [-0.39, 0.29) is 22.8 Å². The molecule has 0 spiro atoms. The third-order valence-corrected chi connectivity index (χ3v) is 4.67. The smallest absolute Gasteiger partial charge is 0.277 e. The molecule has 0 saturated carbocycles. The van der Waals surface area contributed by atoms with Crippen LogP contribution in [-0.2, 0) is 4.79 Å². The molecule has 28 heavy (non-hydrogen) atoms. The molecule has 1 heterocycles. The summed E-state index contributed by atoms with van der Waals surface area (Å²) in [6.45, 7) is 0. The number of benzene rings is 2. The van der Waals surface area contributed by atoms with Crippen LogP contribution in [0.15, 0.2) is 46.0 Å². The van der Waals surface area contributed by atoms with Crippen LogP contribution in [0.5, 0.6) is 11.5 Å². The van der Waals surface area contributed by atoms with E-state index in [4.69, 9.17) is 25.5 Å². The van der Waals surface area contributed by atoms with E-state index in [1.165, 1.54) is 32.4 Å². The standard InChI is InChI=1S/C18H15ClFN3O4S/c1-25-14-8-15(26-2)13(7-12(14)19)21-16(24)9-28-18-23-22-17(27-18)10-4-3-5-11(20)6-10/h3-8H,9H2,1-2H3,(H,21,24). The Kier molecular flexibility index (Phi) is 6.37. The van der Waals surface area contributed by atoms with E-state index in [2.05, 4.69) is 15.5 Å². The van der Waals surface area contributed by atoms with Crippen LogP contribution in [0.1, 0.15) is 0 Å². The second-order valence-corrected chi connectivity index (χ2v) is 6.74. The number of carbonyl (C=O) groups is 1. The van der Waals surface area contributed by atoms with Gasteiger partial charge in [0.15, 0.2) is 0 Å². The highest BCUT2D eigenvalue weighted by atomic mass is 35.5. The Hall–Kier alpha value is -2.78. The number of nitrogens with one attached hydrogen (secondary N) is 1. The van der Waals surface area contributed by atoms with Crippen molar-refractivity contribution in [3.63, 3.8) is 0 Å². The lowest BCUT2D eigenvalue weighted by Gasteiger charge is -2.12. The monoisotopic (exact) mass is 423 g/mol.